The fraction of sp³-hybridized carbons (Fsp3) is 0.708. The minimum atomic E-state index is 0.0262. The zero-order valence-corrected chi connectivity index (χ0v) is 16.3. The van der Waals surface area contributed by atoms with E-state index in [4.69, 9.17) is 4.74 Å². The third-order valence-corrected chi connectivity index (χ3v) is 9.62. The summed E-state index contributed by atoms with van der Waals surface area (Å²) in [5, 5.41) is 12.8. The van der Waals surface area contributed by atoms with Crippen LogP contribution in [-0.4, -0.2) is 23.1 Å². The standard InChI is InChI=1S/C24H31NO2/c1-3-14-11-15-12-16(25-26)5-6-17(15)18-7-9-23(2)22(21(14)18)19-13-20(19)24(23)8-4-10-27-24/h3-4,8,12,14,17-22,26H,1,5-7,9-11,13H2,2H3/b25-16+/t14-,17+,18-,19-,20+,21-,22+,23+,24+/m1/s1. The second kappa shape index (κ2) is 5.37. The summed E-state index contributed by atoms with van der Waals surface area (Å²) in [5.74, 6) is 5.16. The quantitative estimate of drug-likeness (QED) is 0.404. The van der Waals surface area contributed by atoms with Gasteiger partial charge in [0.25, 0.3) is 0 Å². The lowest BCUT2D eigenvalue weighted by molar-refractivity contribution is -0.136. The van der Waals surface area contributed by atoms with Crippen LogP contribution in [0.4, 0.5) is 0 Å². The zero-order chi connectivity index (χ0) is 18.4. The molecule has 3 nitrogen and oxygen atoms in total. The maximum Gasteiger partial charge on any atom is 0.0954 e. The zero-order valence-electron chi connectivity index (χ0n) is 16.3. The highest BCUT2D eigenvalue weighted by Gasteiger charge is 2.76. The van der Waals surface area contributed by atoms with Crippen LogP contribution in [0.1, 0.15) is 45.4 Å². The van der Waals surface area contributed by atoms with Crippen LogP contribution in [0, 0.1) is 46.8 Å². The van der Waals surface area contributed by atoms with Crippen molar-refractivity contribution in [1.82, 2.24) is 0 Å². The van der Waals surface area contributed by atoms with E-state index in [-0.39, 0.29) is 5.60 Å². The van der Waals surface area contributed by atoms with Crippen molar-refractivity contribution >= 4 is 5.71 Å². The van der Waals surface area contributed by atoms with Crippen LogP contribution in [0.25, 0.3) is 0 Å². The fourth-order valence-corrected chi connectivity index (χ4v) is 8.66. The second-order valence-corrected chi connectivity index (χ2v) is 10.3. The summed E-state index contributed by atoms with van der Waals surface area (Å²) in [5.41, 5.74) is 2.72. The molecule has 1 spiro atoms. The molecule has 6 rings (SSSR count). The molecule has 5 aliphatic carbocycles. The van der Waals surface area contributed by atoms with Crippen molar-refractivity contribution in [2.45, 2.75) is 51.0 Å². The molecule has 0 aromatic rings. The van der Waals surface area contributed by atoms with Crippen LogP contribution >= 0.6 is 0 Å². The van der Waals surface area contributed by atoms with E-state index in [9.17, 15) is 5.21 Å². The molecule has 0 aromatic heterocycles. The lowest BCUT2D eigenvalue weighted by Crippen LogP contribution is -2.56. The minimum Gasteiger partial charge on any atom is -0.411 e. The summed E-state index contributed by atoms with van der Waals surface area (Å²) < 4.78 is 6.52. The highest BCUT2D eigenvalue weighted by atomic mass is 16.5. The van der Waals surface area contributed by atoms with Crippen LogP contribution < -0.4 is 0 Å². The SMILES string of the molecule is C=C[C@@H]1CC2=C/C(=N/O)CC[C@@H]2[C@H]2CC[C@@]3(C)[C@@H]([C@@H]4C[C@@H]4[C@@]34C=CCO4)[C@@H]21. The molecule has 0 radical (unpaired) electrons. The van der Waals surface area contributed by atoms with Gasteiger partial charge in [0.2, 0.25) is 0 Å². The highest BCUT2D eigenvalue weighted by Crippen LogP contribution is 2.78. The summed E-state index contributed by atoms with van der Waals surface area (Å²) in [4.78, 5) is 0. The predicted octanol–water partition coefficient (Wildman–Crippen LogP) is 4.98. The molecule has 0 amide bonds. The topological polar surface area (TPSA) is 41.8 Å². The van der Waals surface area contributed by atoms with Gasteiger partial charge < -0.3 is 9.94 Å². The first-order valence-corrected chi connectivity index (χ1v) is 11.0. The van der Waals surface area contributed by atoms with Crippen molar-refractivity contribution in [3.8, 4) is 0 Å². The summed E-state index contributed by atoms with van der Waals surface area (Å²) in [6.07, 6.45) is 16.4. The largest absolute Gasteiger partial charge is 0.411 e. The number of fused-ring (bicyclic) bond motifs is 9. The van der Waals surface area contributed by atoms with E-state index in [1.807, 2.05) is 0 Å². The molecule has 0 saturated heterocycles. The molecule has 4 saturated carbocycles. The van der Waals surface area contributed by atoms with E-state index in [1.165, 1.54) is 24.8 Å². The van der Waals surface area contributed by atoms with Gasteiger partial charge in [0, 0.05) is 5.41 Å². The van der Waals surface area contributed by atoms with Crippen molar-refractivity contribution in [2.24, 2.45) is 52.0 Å². The van der Waals surface area contributed by atoms with Gasteiger partial charge in [-0.05, 0) is 86.0 Å². The first-order chi connectivity index (χ1) is 13.1. The van der Waals surface area contributed by atoms with Gasteiger partial charge >= 0.3 is 0 Å². The van der Waals surface area contributed by atoms with E-state index >= 15 is 0 Å². The Morgan fingerprint density at radius 1 is 1.33 bits per heavy atom. The maximum atomic E-state index is 9.25. The number of oxime groups is 1. The number of allylic oxidation sites excluding steroid dienone is 3. The van der Waals surface area contributed by atoms with Crippen molar-refractivity contribution in [3.05, 3.63) is 36.5 Å². The molecule has 0 unspecified atom stereocenters. The average Bonchev–Trinajstić information content (AvgIpc) is 3.26. The van der Waals surface area contributed by atoms with Crippen LogP contribution in [-0.2, 0) is 4.74 Å². The molecule has 0 aromatic carbocycles. The molecule has 27 heavy (non-hydrogen) atoms. The van der Waals surface area contributed by atoms with E-state index in [0.29, 0.717) is 17.3 Å². The van der Waals surface area contributed by atoms with Crippen molar-refractivity contribution in [3.63, 3.8) is 0 Å². The number of hydrogen-bond donors (Lipinski definition) is 1. The Kier molecular flexibility index (Phi) is 3.30. The number of rotatable bonds is 1. The predicted molar refractivity (Wildman–Crippen MR) is 106 cm³/mol. The van der Waals surface area contributed by atoms with Crippen LogP contribution in [0.3, 0.4) is 0 Å². The van der Waals surface area contributed by atoms with Gasteiger partial charge in [-0.1, -0.05) is 35.9 Å². The normalized spacial score (nSPS) is 56.3. The number of hydrogen-bond acceptors (Lipinski definition) is 3. The first-order valence-electron chi connectivity index (χ1n) is 11.0. The average molecular weight is 366 g/mol. The van der Waals surface area contributed by atoms with E-state index in [0.717, 1.165) is 61.2 Å². The Bertz CT molecular complexity index is 781. The Balaban J connectivity index is 1.42. The van der Waals surface area contributed by atoms with Gasteiger partial charge in [0.15, 0.2) is 0 Å². The van der Waals surface area contributed by atoms with Crippen molar-refractivity contribution in [2.75, 3.05) is 6.61 Å². The highest BCUT2D eigenvalue weighted by molar-refractivity contribution is 5.96. The van der Waals surface area contributed by atoms with Crippen LogP contribution in [0.2, 0.25) is 0 Å². The van der Waals surface area contributed by atoms with Crippen LogP contribution in [0.15, 0.2) is 41.6 Å². The third-order valence-electron chi connectivity index (χ3n) is 9.62. The molecule has 1 heterocycles. The summed E-state index contributed by atoms with van der Waals surface area (Å²) in [6.45, 7) is 7.63. The molecule has 1 aliphatic heterocycles. The minimum absolute atomic E-state index is 0.0262. The van der Waals surface area contributed by atoms with E-state index in [1.54, 1.807) is 0 Å². The smallest absolute Gasteiger partial charge is 0.0954 e. The molecule has 1 N–H and O–H groups in total. The molecule has 0 bridgehead atoms. The van der Waals surface area contributed by atoms with Crippen LogP contribution in [0.5, 0.6) is 0 Å². The third kappa shape index (κ3) is 1.90. The lowest BCUT2D eigenvalue weighted by Gasteiger charge is -2.59. The number of nitrogens with zero attached hydrogens (tertiary/aromatic N) is 1. The monoisotopic (exact) mass is 365 g/mol. The summed E-state index contributed by atoms with van der Waals surface area (Å²) in [7, 11) is 0. The molecule has 144 valence electrons. The van der Waals surface area contributed by atoms with Crippen molar-refractivity contribution in [1.29, 1.82) is 0 Å². The number of ether oxygens (including phenoxy) is 1. The van der Waals surface area contributed by atoms with Gasteiger partial charge in [0.05, 0.1) is 17.9 Å². The Morgan fingerprint density at radius 2 is 2.22 bits per heavy atom. The lowest BCUT2D eigenvalue weighted by atomic mass is 9.47. The Hall–Kier alpha value is -1.35. The second-order valence-electron chi connectivity index (χ2n) is 10.3. The van der Waals surface area contributed by atoms with Crippen molar-refractivity contribution < 1.29 is 9.94 Å². The molecular weight excluding hydrogens is 334 g/mol. The maximum absolute atomic E-state index is 9.25. The van der Waals surface area contributed by atoms with E-state index < -0.39 is 0 Å². The molecule has 6 aliphatic rings. The fourth-order valence-electron chi connectivity index (χ4n) is 8.66. The Morgan fingerprint density at radius 3 is 2.96 bits per heavy atom. The van der Waals surface area contributed by atoms with Gasteiger partial charge in [-0.2, -0.15) is 0 Å². The van der Waals surface area contributed by atoms with Gasteiger partial charge in [-0.15, -0.1) is 6.58 Å². The van der Waals surface area contributed by atoms with Gasteiger partial charge in [0.1, 0.15) is 0 Å². The van der Waals surface area contributed by atoms with Gasteiger partial charge in [-0.3, -0.25) is 0 Å². The Labute approximate surface area is 162 Å². The first kappa shape index (κ1) is 16.6. The van der Waals surface area contributed by atoms with Gasteiger partial charge in [-0.25, -0.2) is 0 Å². The molecule has 3 heteroatoms. The molecular formula is C24H31NO2. The summed E-state index contributed by atoms with van der Waals surface area (Å²) in [6, 6.07) is 0. The molecule has 4 fully saturated rings. The van der Waals surface area contributed by atoms with E-state index in [2.05, 4.69) is 43.0 Å². The molecule has 9 atom stereocenters. The summed E-state index contributed by atoms with van der Waals surface area (Å²) >= 11 is 0.